The van der Waals surface area contributed by atoms with Gasteiger partial charge in [0.05, 0.1) is 5.75 Å². The number of rotatable bonds is 6. The van der Waals surface area contributed by atoms with Gasteiger partial charge in [0.2, 0.25) is 17.0 Å². The topological polar surface area (TPSA) is 91.0 Å². The van der Waals surface area contributed by atoms with E-state index in [1.165, 1.54) is 11.8 Å². The molecule has 1 aromatic rings. The zero-order valence-electron chi connectivity index (χ0n) is 10.8. The van der Waals surface area contributed by atoms with Gasteiger partial charge in [0.25, 0.3) is 0 Å². The molecule has 7 nitrogen and oxygen atoms in total. The number of H-pyrrole nitrogens is 1. The molecule has 1 fully saturated rings. The fourth-order valence-electron chi connectivity index (χ4n) is 1.84. The van der Waals surface area contributed by atoms with Crippen LogP contribution in [-0.2, 0) is 9.59 Å². The van der Waals surface area contributed by atoms with E-state index >= 15 is 0 Å². The highest BCUT2D eigenvalue weighted by molar-refractivity contribution is 7.99. The molecule has 0 radical (unpaired) electrons. The molecule has 1 aliphatic heterocycles. The van der Waals surface area contributed by atoms with Gasteiger partial charge in [-0.25, -0.2) is 4.98 Å². The van der Waals surface area contributed by atoms with E-state index in [4.69, 9.17) is 0 Å². The first-order valence-corrected chi connectivity index (χ1v) is 7.20. The van der Waals surface area contributed by atoms with Crippen LogP contribution in [0.4, 0.5) is 0 Å². The fourth-order valence-corrected chi connectivity index (χ4v) is 2.51. The number of nitrogens with zero attached hydrogens (tertiary/aromatic N) is 3. The zero-order chi connectivity index (χ0) is 13.7. The Morgan fingerprint density at radius 1 is 1.58 bits per heavy atom. The molecule has 104 valence electrons. The summed E-state index contributed by atoms with van der Waals surface area (Å²) in [6, 6.07) is 0. The summed E-state index contributed by atoms with van der Waals surface area (Å²) < 4.78 is 0. The third-order valence-electron chi connectivity index (χ3n) is 2.78. The smallest absolute Gasteiger partial charge is 0.230 e. The van der Waals surface area contributed by atoms with Crippen LogP contribution in [0, 0.1) is 6.92 Å². The van der Waals surface area contributed by atoms with Gasteiger partial charge in [0.15, 0.2) is 0 Å². The van der Waals surface area contributed by atoms with E-state index in [2.05, 4.69) is 20.5 Å². The Morgan fingerprint density at radius 3 is 3.05 bits per heavy atom. The summed E-state index contributed by atoms with van der Waals surface area (Å²) in [5, 5.41) is 10.0. The predicted molar refractivity (Wildman–Crippen MR) is 70.7 cm³/mol. The van der Waals surface area contributed by atoms with Crippen molar-refractivity contribution in [3.05, 3.63) is 5.82 Å². The Hall–Kier alpha value is -1.57. The van der Waals surface area contributed by atoms with Crippen LogP contribution in [0.15, 0.2) is 5.16 Å². The van der Waals surface area contributed by atoms with Crippen molar-refractivity contribution in [2.75, 3.05) is 25.4 Å². The van der Waals surface area contributed by atoms with Crippen LogP contribution in [0.3, 0.4) is 0 Å². The van der Waals surface area contributed by atoms with Crippen molar-refractivity contribution in [3.63, 3.8) is 0 Å². The van der Waals surface area contributed by atoms with Gasteiger partial charge in [-0.2, -0.15) is 0 Å². The number of aromatic amines is 1. The average Bonchev–Trinajstić information content (AvgIpc) is 2.96. The zero-order valence-corrected chi connectivity index (χ0v) is 11.6. The maximum atomic E-state index is 11.6. The SMILES string of the molecule is Cc1nc(SCC(=O)NCCN2CCCC2=O)n[nH]1. The van der Waals surface area contributed by atoms with Crippen LogP contribution in [0.2, 0.25) is 0 Å². The molecule has 0 spiro atoms. The lowest BCUT2D eigenvalue weighted by Gasteiger charge is -2.15. The van der Waals surface area contributed by atoms with E-state index < -0.39 is 0 Å². The molecular formula is C11H17N5O2S. The van der Waals surface area contributed by atoms with E-state index in [1.807, 2.05) is 6.92 Å². The molecule has 0 bridgehead atoms. The van der Waals surface area contributed by atoms with Crippen LogP contribution in [-0.4, -0.2) is 57.3 Å². The predicted octanol–water partition coefficient (Wildman–Crippen LogP) is -0.0562. The minimum Gasteiger partial charge on any atom is -0.354 e. The van der Waals surface area contributed by atoms with Crippen LogP contribution in [0.25, 0.3) is 0 Å². The molecule has 0 aliphatic carbocycles. The van der Waals surface area contributed by atoms with Crippen molar-refractivity contribution >= 4 is 23.6 Å². The van der Waals surface area contributed by atoms with E-state index in [1.54, 1.807) is 4.90 Å². The molecule has 1 aliphatic rings. The molecule has 2 heterocycles. The molecule has 1 aromatic heterocycles. The summed E-state index contributed by atoms with van der Waals surface area (Å²) >= 11 is 1.29. The molecule has 0 unspecified atom stereocenters. The van der Waals surface area contributed by atoms with Gasteiger partial charge in [0.1, 0.15) is 5.82 Å². The van der Waals surface area contributed by atoms with Gasteiger partial charge < -0.3 is 10.2 Å². The van der Waals surface area contributed by atoms with E-state index in [0.717, 1.165) is 18.8 Å². The normalized spacial score (nSPS) is 15.0. The van der Waals surface area contributed by atoms with Crippen LogP contribution >= 0.6 is 11.8 Å². The number of aryl methyl sites for hydroxylation is 1. The number of hydrogen-bond acceptors (Lipinski definition) is 5. The summed E-state index contributed by atoms with van der Waals surface area (Å²) in [7, 11) is 0. The summed E-state index contributed by atoms with van der Waals surface area (Å²) in [5.74, 6) is 1.12. The lowest BCUT2D eigenvalue weighted by Crippen LogP contribution is -2.36. The largest absolute Gasteiger partial charge is 0.354 e. The highest BCUT2D eigenvalue weighted by Crippen LogP contribution is 2.11. The van der Waals surface area contributed by atoms with Crippen molar-refractivity contribution in [2.24, 2.45) is 0 Å². The van der Waals surface area contributed by atoms with Gasteiger partial charge in [-0.05, 0) is 13.3 Å². The van der Waals surface area contributed by atoms with Crippen molar-refractivity contribution < 1.29 is 9.59 Å². The summed E-state index contributed by atoms with van der Waals surface area (Å²) in [5.41, 5.74) is 0. The third kappa shape index (κ3) is 4.23. The van der Waals surface area contributed by atoms with Crippen molar-refractivity contribution in [3.8, 4) is 0 Å². The number of hydrogen-bond donors (Lipinski definition) is 2. The molecule has 0 aromatic carbocycles. The van der Waals surface area contributed by atoms with Gasteiger partial charge >= 0.3 is 0 Å². The second-order valence-electron chi connectivity index (χ2n) is 4.33. The molecule has 19 heavy (non-hydrogen) atoms. The maximum absolute atomic E-state index is 11.6. The highest BCUT2D eigenvalue weighted by Gasteiger charge is 2.19. The molecule has 0 atom stereocenters. The molecular weight excluding hydrogens is 266 g/mol. The quantitative estimate of drug-likeness (QED) is 0.714. The minimum atomic E-state index is -0.0703. The molecule has 8 heteroatoms. The summed E-state index contributed by atoms with van der Waals surface area (Å²) in [6.07, 6.45) is 1.56. The Labute approximate surface area is 115 Å². The lowest BCUT2D eigenvalue weighted by atomic mass is 10.4. The molecule has 0 saturated carbocycles. The second-order valence-corrected chi connectivity index (χ2v) is 5.27. The molecule has 2 N–H and O–H groups in total. The average molecular weight is 283 g/mol. The summed E-state index contributed by atoms with van der Waals surface area (Å²) in [4.78, 5) is 28.8. The molecule has 2 rings (SSSR count). The highest BCUT2D eigenvalue weighted by atomic mass is 32.2. The minimum absolute atomic E-state index is 0.0703. The van der Waals surface area contributed by atoms with E-state index in [9.17, 15) is 9.59 Å². The van der Waals surface area contributed by atoms with Crippen LogP contribution in [0.1, 0.15) is 18.7 Å². The number of carbonyl (C=O) groups excluding carboxylic acids is 2. The van der Waals surface area contributed by atoms with Crippen LogP contribution in [0.5, 0.6) is 0 Å². The maximum Gasteiger partial charge on any atom is 0.230 e. The summed E-state index contributed by atoms with van der Waals surface area (Å²) in [6.45, 7) is 3.71. The third-order valence-corrected chi connectivity index (χ3v) is 3.63. The Kier molecular flexibility index (Phi) is 4.78. The lowest BCUT2D eigenvalue weighted by molar-refractivity contribution is -0.128. The van der Waals surface area contributed by atoms with Crippen molar-refractivity contribution in [1.82, 2.24) is 25.4 Å². The van der Waals surface area contributed by atoms with Gasteiger partial charge in [-0.3, -0.25) is 14.7 Å². The van der Waals surface area contributed by atoms with Gasteiger partial charge in [-0.15, -0.1) is 5.10 Å². The number of carbonyl (C=O) groups is 2. The molecule has 1 saturated heterocycles. The first-order valence-electron chi connectivity index (χ1n) is 6.21. The standard InChI is InChI=1S/C11H17N5O2S/c1-8-13-11(15-14-8)19-7-9(17)12-4-6-16-5-2-3-10(16)18/h2-7H2,1H3,(H,12,17)(H,13,14,15). The number of amides is 2. The van der Waals surface area contributed by atoms with Gasteiger partial charge in [0, 0.05) is 26.1 Å². The Balaban J connectivity index is 1.60. The number of thioether (sulfide) groups is 1. The van der Waals surface area contributed by atoms with Crippen molar-refractivity contribution in [1.29, 1.82) is 0 Å². The number of aromatic nitrogens is 3. The van der Waals surface area contributed by atoms with E-state index in [0.29, 0.717) is 24.7 Å². The first kappa shape index (κ1) is 13.9. The Bertz CT molecular complexity index is 462. The number of likely N-dealkylation sites (tertiary alicyclic amines) is 1. The van der Waals surface area contributed by atoms with Crippen LogP contribution < -0.4 is 5.32 Å². The molecule has 2 amide bonds. The second kappa shape index (κ2) is 6.55. The van der Waals surface area contributed by atoms with E-state index in [-0.39, 0.29) is 17.6 Å². The Morgan fingerprint density at radius 2 is 2.42 bits per heavy atom. The first-order chi connectivity index (χ1) is 9.15. The van der Waals surface area contributed by atoms with Gasteiger partial charge in [-0.1, -0.05) is 11.8 Å². The fraction of sp³-hybridized carbons (Fsp3) is 0.636. The monoisotopic (exact) mass is 283 g/mol. The number of nitrogens with one attached hydrogen (secondary N) is 2. The van der Waals surface area contributed by atoms with Crippen molar-refractivity contribution in [2.45, 2.75) is 24.9 Å².